The van der Waals surface area contributed by atoms with Gasteiger partial charge in [0.05, 0.1) is 12.7 Å². The van der Waals surface area contributed by atoms with Crippen molar-refractivity contribution in [3.8, 4) is 0 Å². The normalized spacial score (nSPS) is 18.6. The number of hydrogen-bond donors (Lipinski definition) is 1. The minimum Gasteiger partial charge on any atom is -0.369 e. The van der Waals surface area contributed by atoms with E-state index >= 15 is 0 Å². The van der Waals surface area contributed by atoms with Crippen LogP contribution in [0.1, 0.15) is 0 Å². The second-order valence-corrected chi connectivity index (χ2v) is 3.47. The van der Waals surface area contributed by atoms with Gasteiger partial charge in [0.2, 0.25) is 0 Å². The van der Waals surface area contributed by atoms with Crippen molar-refractivity contribution in [1.82, 2.24) is 0 Å². The zero-order valence-corrected chi connectivity index (χ0v) is 8.60. The summed E-state index contributed by atoms with van der Waals surface area (Å²) in [4.78, 5) is 0. The van der Waals surface area contributed by atoms with E-state index in [1.165, 1.54) is 10.4 Å². The summed E-state index contributed by atoms with van der Waals surface area (Å²) in [6.07, 6.45) is 8.32. The molecule has 2 nitrogen and oxygen atoms in total. The van der Waals surface area contributed by atoms with Crippen LogP contribution in [0.4, 0.5) is 0 Å². The van der Waals surface area contributed by atoms with Gasteiger partial charge in [0.15, 0.2) is 0 Å². The molecule has 1 unspecified atom stereocenters. The highest BCUT2D eigenvalue weighted by molar-refractivity contribution is 5.46. The van der Waals surface area contributed by atoms with Crippen LogP contribution in [0, 0.1) is 0 Å². The Morgan fingerprint density at radius 3 is 2.80 bits per heavy atom. The van der Waals surface area contributed by atoms with Crippen LogP contribution in [0.15, 0.2) is 36.4 Å². The lowest BCUT2D eigenvalue weighted by Gasteiger charge is -2.07. The van der Waals surface area contributed by atoms with Crippen LogP contribution < -0.4 is 16.2 Å². The summed E-state index contributed by atoms with van der Waals surface area (Å²) in [7, 11) is 0. The third-order valence-corrected chi connectivity index (χ3v) is 2.34. The molecule has 0 amide bonds. The monoisotopic (exact) mass is 201 g/mol. The van der Waals surface area contributed by atoms with Gasteiger partial charge in [0, 0.05) is 6.54 Å². The van der Waals surface area contributed by atoms with Crippen molar-refractivity contribution in [1.29, 1.82) is 0 Å². The number of benzene rings is 1. The van der Waals surface area contributed by atoms with E-state index in [2.05, 4.69) is 24.3 Å². The Hall–Kier alpha value is -1.38. The molecule has 1 aliphatic carbocycles. The molecular weight excluding hydrogens is 186 g/mol. The van der Waals surface area contributed by atoms with Crippen LogP contribution in [0.2, 0.25) is 0 Å². The van der Waals surface area contributed by atoms with Gasteiger partial charge in [0.25, 0.3) is 0 Å². The van der Waals surface area contributed by atoms with Crippen LogP contribution in [-0.2, 0) is 4.74 Å². The van der Waals surface area contributed by atoms with Gasteiger partial charge in [-0.05, 0) is 16.5 Å². The van der Waals surface area contributed by atoms with Crippen molar-refractivity contribution in [3.63, 3.8) is 0 Å². The lowest BCUT2D eigenvalue weighted by Crippen LogP contribution is -2.25. The summed E-state index contributed by atoms with van der Waals surface area (Å²) in [6, 6.07) is 8.27. The van der Waals surface area contributed by atoms with Gasteiger partial charge in [-0.25, -0.2) is 0 Å². The van der Waals surface area contributed by atoms with Crippen LogP contribution in [0.25, 0.3) is 12.2 Å². The van der Waals surface area contributed by atoms with Gasteiger partial charge in [-0.3, -0.25) is 0 Å². The van der Waals surface area contributed by atoms with Gasteiger partial charge in [-0.1, -0.05) is 42.5 Å². The Morgan fingerprint density at radius 1 is 1.20 bits per heavy atom. The van der Waals surface area contributed by atoms with E-state index < -0.39 is 0 Å². The van der Waals surface area contributed by atoms with Crippen LogP contribution in [-0.4, -0.2) is 19.3 Å². The maximum Gasteiger partial charge on any atom is 0.0950 e. The summed E-state index contributed by atoms with van der Waals surface area (Å²) < 4.78 is 5.58. The first-order valence-electron chi connectivity index (χ1n) is 5.17. The maximum absolute atomic E-state index is 5.58. The Kier molecular flexibility index (Phi) is 3.33. The molecule has 2 rings (SSSR count). The number of ether oxygens (including phenoxy) is 1. The lowest BCUT2D eigenvalue weighted by atomic mass is 10.2. The third-order valence-electron chi connectivity index (χ3n) is 2.34. The van der Waals surface area contributed by atoms with E-state index in [1.54, 1.807) is 0 Å². The molecule has 1 aromatic rings. The molecule has 1 aromatic carbocycles. The number of fused-ring (bicyclic) bond motifs is 1. The number of hydrogen-bond acceptors (Lipinski definition) is 2. The van der Waals surface area contributed by atoms with Crippen LogP contribution in [0.3, 0.4) is 0 Å². The van der Waals surface area contributed by atoms with Gasteiger partial charge >= 0.3 is 0 Å². The smallest absolute Gasteiger partial charge is 0.0950 e. The van der Waals surface area contributed by atoms with E-state index in [0.717, 1.165) is 0 Å². The molecule has 78 valence electrons. The fourth-order valence-corrected chi connectivity index (χ4v) is 1.62. The molecule has 0 heterocycles. The Bertz CT molecular complexity index is 462. The predicted molar refractivity (Wildman–Crippen MR) is 62.6 cm³/mol. The van der Waals surface area contributed by atoms with E-state index in [-0.39, 0.29) is 6.10 Å². The summed E-state index contributed by atoms with van der Waals surface area (Å²) in [5, 5.41) is 2.44. The first-order valence-corrected chi connectivity index (χ1v) is 5.17. The molecule has 1 atom stereocenters. The highest BCUT2D eigenvalue weighted by atomic mass is 16.5. The summed E-state index contributed by atoms with van der Waals surface area (Å²) in [5.41, 5.74) is 5.41. The van der Waals surface area contributed by atoms with E-state index in [0.29, 0.717) is 13.2 Å². The Morgan fingerprint density at radius 2 is 2.00 bits per heavy atom. The fourth-order valence-electron chi connectivity index (χ4n) is 1.62. The second kappa shape index (κ2) is 4.91. The zero-order chi connectivity index (χ0) is 10.5. The van der Waals surface area contributed by atoms with Crippen LogP contribution >= 0.6 is 0 Å². The van der Waals surface area contributed by atoms with Gasteiger partial charge in [-0.15, -0.1) is 0 Å². The topological polar surface area (TPSA) is 35.2 Å². The van der Waals surface area contributed by atoms with Crippen molar-refractivity contribution in [2.75, 3.05) is 13.2 Å². The standard InChI is InChI=1S/C13H15NO/c14-8-9-15-13-7-3-6-11-4-1-2-5-12(11)10-13/h1-7,10,13H,8-9,14H2. The first-order chi connectivity index (χ1) is 7.40. The quantitative estimate of drug-likeness (QED) is 0.756. The molecule has 0 aliphatic heterocycles. The van der Waals surface area contributed by atoms with Gasteiger partial charge < -0.3 is 10.5 Å². The zero-order valence-electron chi connectivity index (χ0n) is 8.60. The summed E-state index contributed by atoms with van der Waals surface area (Å²) in [6.45, 7) is 1.15. The molecule has 0 fully saturated rings. The predicted octanol–water partition coefficient (Wildman–Crippen LogP) is 0.161. The van der Waals surface area contributed by atoms with E-state index in [9.17, 15) is 0 Å². The van der Waals surface area contributed by atoms with E-state index in [1.807, 2.05) is 24.3 Å². The minimum atomic E-state index is 0.0356. The van der Waals surface area contributed by atoms with Crippen LogP contribution in [0.5, 0.6) is 0 Å². The maximum atomic E-state index is 5.58. The van der Waals surface area contributed by atoms with E-state index in [4.69, 9.17) is 10.5 Å². The SMILES string of the molecule is NCCOC1C=CC=c2ccccc2=C1. The highest BCUT2D eigenvalue weighted by Crippen LogP contribution is 1.98. The average Bonchev–Trinajstić information content (AvgIpc) is 2.47. The summed E-state index contributed by atoms with van der Waals surface area (Å²) in [5.74, 6) is 0. The Labute approximate surface area is 89.4 Å². The number of nitrogens with two attached hydrogens (primary N) is 1. The molecule has 1 aliphatic rings. The lowest BCUT2D eigenvalue weighted by molar-refractivity contribution is 0.132. The largest absolute Gasteiger partial charge is 0.369 e. The molecule has 2 N–H and O–H groups in total. The van der Waals surface area contributed by atoms with Crippen molar-refractivity contribution >= 4 is 12.2 Å². The molecule has 0 radical (unpaired) electrons. The molecule has 0 saturated carbocycles. The van der Waals surface area contributed by atoms with Crippen molar-refractivity contribution in [3.05, 3.63) is 46.9 Å². The van der Waals surface area contributed by atoms with Gasteiger partial charge in [0.1, 0.15) is 0 Å². The first kappa shape index (κ1) is 10.1. The molecule has 0 saturated heterocycles. The fraction of sp³-hybridized carbons (Fsp3) is 0.231. The molecule has 15 heavy (non-hydrogen) atoms. The summed E-state index contributed by atoms with van der Waals surface area (Å²) >= 11 is 0. The second-order valence-electron chi connectivity index (χ2n) is 3.47. The minimum absolute atomic E-state index is 0.0356. The molecular formula is C13H15NO. The van der Waals surface area contributed by atoms with Crippen molar-refractivity contribution < 1.29 is 4.74 Å². The van der Waals surface area contributed by atoms with Crippen molar-refractivity contribution in [2.45, 2.75) is 6.10 Å². The highest BCUT2D eigenvalue weighted by Gasteiger charge is 2.01. The number of rotatable bonds is 3. The van der Waals surface area contributed by atoms with Gasteiger partial charge in [-0.2, -0.15) is 0 Å². The molecule has 0 spiro atoms. The number of allylic oxidation sites excluding steroid dienone is 1. The third kappa shape index (κ3) is 2.55. The Balaban J connectivity index is 2.31. The average molecular weight is 201 g/mol. The molecule has 0 bridgehead atoms. The van der Waals surface area contributed by atoms with Crippen molar-refractivity contribution in [2.24, 2.45) is 5.73 Å². The molecule has 0 aromatic heterocycles. The molecule has 2 heteroatoms.